The topological polar surface area (TPSA) is 164 Å². The molecule has 0 radical (unpaired) electrons. The molecule has 0 amide bonds. The molecule has 0 aliphatic carbocycles. The number of ether oxygens (including phenoxy) is 2. The van der Waals surface area contributed by atoms with Crippen LogP contribution in [0.3, 0.4) is 0 Å². The maximum Gasteiger partial charge on any atom is 0.472 e. The van der Waals surface area contributed by atoms with Crippen molar-refractivity contribution in [3.8, 4) is 5.75 Å². The first-order valence-corrected chi connectivity index (χ1v) is 11.5. The lowest BCUT2D eigenvalue weighted by Gasteiger charge is -2.29. The van der Waals surface area contributed by atoms with Gasteiger partial charge in [-0.05, 0) is 24.3 Å². The average molecular weight is 467 g/mol. The maximum absolute atomic E-state index is 11.9. The van der Waals surface area contributed by atoms with Gasteiger partial charge in [0.1, 0.15) is 30.4 Å². The van der Waals surface area contributed by atoms with E-state index in [1.165, 1.54) is 25.2 Å². The fourth-order valence-electron chi connectivity index (χ4n) is 3.61. The Bertz CT molecular complexity index is 1180. The van der Waals surface area contributed by atoms with Gasteiger partial charge in [-0.25, -0.2) is 19.5 Å². The number of benzene rings is 1. The van der Waals surface area contributed by atoms with Crippen LogP contribution in [0.15, 0.2) is 40.6 Å². The van der Waals surface area contributed by atoms with Gasteiger partial charge in [0.05, 0.1) is 6.61 Å². The first-order valence-electron chi connectivity index (χ1n) is 9.15. The predicted octanol–water partition coefficient (Wildman–Crippen LogP) is 1.69. The third-order valence-electron chi connectivity index (χ3n) is 4.99. The zero-order valence-electron chi connectivity index (χ0n) is 16.1. The molecule has 4 heterocycles. The smallest absolute Gasteiger partial charge is 0.472 e. The molecule has 0 spiro atoms. The Morgan fingerprint density at radius 1 is 1.32 bits per heavy atom. The molecule has 2 aliphatic rings. The number of phenolic OH excluding ortho intramolecular Hbond substituents is 1. The van der Waals surface area contributed by atoms with Crippen LogP contribution in [-0.2, 0) is 23.1 Å². The summed E-state index contributed by atoms with van der Waals surface area (Å²) in [5, 5.41) is 10.0. The van der Waals surface area contributed by atoms with Crippen molar-refractivity contribution in [1.82, 2.24) is 19.5 Å². The molecule has 31 heavy (non-hydrogen) atoms. The number of hydrogen-bond donors (Lipinski definition) is 3. The standard InChI is InChI=1S/C17H18N5O7PS/c1-26-13-12-10(6-27-30(24,25)29-12)28-16(13)22-15-11(14(18)19-7-20-15)21-17(22)31-9-4-2-8(23)3-5-9/h2-5,7,10,12-13,16,23H,6H2,1H3,(H,24,25)(H2,18,19,20)/t10-,12?,13+,16-/m1/s1. The number of nitrogen functional groups attached to an aromatic ring is 1. The molecule has 2 saturated heterocycles. The van der Waals surface area contributed by atoms with E-state index in [4.69, 9.17) is 24.3 Å². The molecule has 2 unspecified atom stereocenters. The summed E-state index contributed by atoms with van der Waals surface area (Å²) in [6.07, 6.45) is -1.69. The number of phosphoric ester groups is 1. The molecular formula is C17H18N5O7PS. The van der Waals surface area contributed by atoms with Gasteiger partial charge in [-0.15, -0.1) is 0 Å². The third-order valence-corrected chi connectivity index (χ3v) is 6.95. The summed E-state index contributed by atoms with van der Waals surface area (Å²) in [7, 11) is -2.74. The van der Waals surface area contributed by atoms with Gasteiger partial charge < -0.3 is 25.2 Å². The lowest BCUT2D eigenvalue weighted by atomic mass is 10.1. The minimum Gasteiger partial charge on any atom is -0.508 e. The third kappa shape index (κ3) is 3.68. The lowest BCUT2D eigenvalue weighted by Crippen LogP contribution is -2.40. The lowest BCUT2D eigenvalue weighted by molar-refractivity contribution is -0.0690. The van der Waals surface area contributed by atoms with Crippen molar-refractivity contribution in [2.24, 2.45) is 0 Å². The average Bonchev–Trinajstić information content (AvgIpc) is 3.26. The molecule has 2 fully saturated rings. The fraction of sp³-hybridized carbons (Fsp3) is 0.353. The molecule has 12 nitrogen and oxygen atoms in total. The number of phenols is 1. The van der Waals surface area contributed by atoms with Crippen molar-refractivity contribution >= 4 is 36.6 Å². The molecule has 164 valence electrons. The Labute approximate surface area is 179 Å². The summed E-state index contributed by atoms with van der Waals surface area (Å²) in [4.78, 5) is 23.5. The largest absolute Gasteiger partial charge is 0.508 e. The highest BCUT2D eigenvalue weighted by molar-refractivity contribution is 7.99. The van der Waals surface area contributed by atoms with Crippen LogP contribution in [0, 0.1) is 0 Å². The van der Waals surface area contributed by atoms with E-state index in [-0.39, 0.29) is 18.2 Å². The van der Waals surface area contributed by atoms with Crippen LogP contribution in [0.1, 0.15) is 6.23 Å². The van der Waals surface area contributed by atoms with Crippen molar-refractivity contribution in [3.63, 3.8) is 0 Å². The van der Waals surface area contributed by atoms with Gasteiger partial charge in [0, 0.05) is 12.0 Å². The number of fused-ring (bicyclic) bond motifs is 2. The predicted molar refractivity (Wildman–Crippen MR) is 107 cm³/mol. The summed E-state index contributed by atoms with van der Waals surface area (Å²) in [5.41, 5.74) is 6.80. The zero-order valence-corrected chi connectivity index (χ0v) is 17.8. The minimum absolute atomic E-state index is 0.126. The van der Waals surface area contributed by atoms with Crippen LogP contribution in [0.2, 0.25) is 0 Å². The van der Waals surface area contributed by atoms with Gasteiger partial charge in [-0.1, -0.05) is 11.8 Å². The highest BCUT2D eigenvalue weighted by atomic mass is 32.2. The normalized spacial score (nSPS) is 30.5. The van der Waals surface area contributed by atoms with Crippen molar-refractivity contribution in [2.75, 3.05) is 19.5 Å². The first-order chi connectivity index (χ1) is 14.9. The molecule has 5 rings (SSSR count). The SMILES string of the molecule is CO[C@H]1C2OP(=O)(O)OC[C@H]2O[C@H]1n1c(Sc2ccc(O)cc2)nc2c(N)ncnc21. The number of anilines is 1. The molecule has 0 saturated carbocycles. The van der Waals surface area contributed by atoms with Crippen LogP contribution in [0.25, 0.3) is 11.2 Å². The molecule has 2 aliphatic heterocycles. The van der Waals surface area contributed by atoms with Crippen LogP contribution in [-0.4, -0.2) is 61.5 Å². The summed E-state index contributed by atoms with van der Waals surface area (Å²) in [5.74, 6) is 0.335. The number of aromatic nitrogens is 4. The molecule has 5 atom stereocenters. The summed E-state index contributed by atoms with van der Waals surface area (Å²) in [6, 6.07) is 6.60. The minimum atomic E-state index is -4.20. The van der Waals surface area contributed by atoms with Crippen LogP contribution in [0.4, 0.5) is 5.82 Å². The molecule has 0 bridgehead atoms. The van der Waals surface area contributed by atoms with Gasteiger partial charge in [0.2, 0.25) is 0 Å². The van der Waals surface area contributed by atoms with Crippen molar-refractivity contribution < 1.29 is 33.1 Å². The van der Waals surface area contributed by atoms with E-state index in [1.54, 1.807) is 28.8 Å². The number of aromatic hydroxyl groups is 1. The zero-order chi connectivity index (χ0) is 21.8. The Hall–Kier alpha value is -2.25. The molecule has 4 N–H and O–H groups in total. The number of phosphoric acid groups is 1. The van der Waals surface area contributed by atoms with Crippen LogP contribution >= 0.6 is 19.6 Å². The monoisotopic (exact) mass is 467 g/mol. The van der Waals surface area contributed by atoms with Gasteiger partial charge in [-0.2, -0.15) is 0 Å². The Kier molecular flexibility index (Phi) is 5.13. The molecule has 3 aromatic rings. The van der Waals surface area contributed by atoms with Crippen molar-refractivity contribution in [2.45, 2.75) is 34.6 Å². The van der Waals surface area contributed by atoms with Crippen LogP contribution in [0.5, 0.6) is 5.75 Å². The highest BCUT2D eigenvalue weighted by Gasteiger charge is 2.54. The van der Waals surface area contributed by atoms with E-state index < -0.39 is 32.4 Å². The van der Waals surface area contributed by atoms with Gasteiger partial charge in [0.25, 0.3) is 0 Å². The Balaban J connectivity index is 1.60. The second-order valence-electron chi connectivity index (χ2n) is 6.89. The number of rotatable bonds is 4. The summed E-state index contributed by atoms with van der Waals surface area (Å²) in [6.45, 7) is -0.126. The number of nitrogens with zero attached hydrogens (tertiary/aromatic N) is 4. The van der Waals surface area contributed by atoms with Gasteiger partial charge >= 0.3 is 7.82 Å². The van der Waals surface area contributed by atoms with Crippen molar-refractivity contribution in [1.29, 1.82) is 0 Å². The quantitative estimate of drug-likeness (QED) is 0.476. The summed E-state index contributed by atoms with van der Waals surface area (Å²) >= 11 is 1.30. The van der Waals surface area contributed by atoms with E-state index in [0.29, 0.717) is 16.3 Å². The second-order valence-corrected chi connectivity index (χ2v) is 9.34. The molecule has 1 aromatic carbocycles. The van der Waals surface area contributed by atoms with E-state index in [9.17, 15) is 14.6 Å². The van der Waals surface area contributed by atoms with Crippen LogP contribution < -0.4 is 5.73 Å². The highest BCUT2D eigenvalue weighted by Crippen LogP contribution is 2.53. The van der Waals surface area contributed by atoms with E-state index in [1.807, 2.05) is 0 Å². The number of hydrogen-bond acceptors (Lipinski definition) is 11. The van der Waals surface area contributed by atoms with E-state index >= 15 is 0 Å². The summed E-state index contributed by atoms with van der Waals surface area (Å²) < 4.78 is 35.5. The van der Waals surface area contributed by atoms with Gasteiger partial charge in [0.15, 0.2) is 28.4 Å². The van der Waals surface area contributed by atoms with E-state index in [0.717, 1.165) is 4.90 Å². The molecule has 14 heteroatoms. The molecular weight excluding hydrogens is 449 g/mol. The van der Waals surface area contributed by atoms with E-state index in [2.05, 4.69) is 15.0 Å². The Morgan fingerprint density at radius 3 is 2.84 bits per heavy atom. The molecule has 2 aromatic heterocycles. The number of imidazole rings is 1. The maximum atomic E-state index is 11.9. The van der Waals surface area contributed by atoms with Crippen molar-refractivity contribution in [3.05, 3.63) is 30.6 Å². The first kappa shape index (κ1) is 20.6. The fourth-order valence-corrected chi connectivity index (χ4v) is 5.48. The number of methoxy groups -OCH3 is 1. The second kappa shape index (κ2) is 7.71. The van der Waals surface area contributed by atoms with Gasteiger partial charge in [-0.3, -0.25) is 13.6 Å². The Morgan fingerprint density at radius 2 is 2.10 bits per heavy atom. The number of nitrogens with two attached hydrogens (primary N) is 1.